The topological polar surface area (TPSA) is 52.6 Å². The van der Waals surface area contributed by atoms with Gasteiger partial charge in [-0.1, -0.05) is 0 Å². The fourth-order valence-electron chi connectivity index (χ4n) is 2.75. The Bertz CT molecular complexity index is 893. The summed E-state index contributed by atoms with van der Waals surface area (Å²) in [4.78, 5) is 4.40. The Morgan fingerprint density at radius 2 is 1.72 bits per heavy atom. The highest BCUT2D eigenvalue weighted by Gasteiger charge is 2.11. The minimum Gasteiger partial charge on any atom is -0.493 e. The Balaban J connectivity index is 2.00. The summed E-state index contributed by atoms with van der Waals surface area (Å²) in [5.74, 6) is 2.79. The zero-order chi connectivity index (χ0) is 17.8. The van der Waals surface area contributed by atoms with Gasteiger partial charge in [-0.05, 0) is 49.7 Å². The van der Waals surface area contributed by atoms with Crippen molar-refractivity contribution in [2.24, 2.45) is 0 Å². The molecule has 0 unspecified atom stereocenters. The molecule has 0 aliphatic rings. The van der Waals surface area contributed by atoms with Gasteiger partial charge in [0.05, 0.1) is 19.7 Å². The quantitative estimate of drug-likeness (QED) is 0.701. The molecule has 0 spiro atoms. The average Bonchev–Trinajstić information content (AvgIpc) is 2.63. The average molecular weight is 338 g/mol. The number of nitrogens with one attached hydrogen (secondary N) is 1. The molecule has 0 fully saturated rings. The number of fused-ring (bicyclic) bond motifs is 1. The molecule has 5 heteroatoms. The highest BCUT2D eigenvalue weighted by atomic mass is 16.5. The first-order valence-electron chi connectivity index (χ1n) is 8.19. The molecule has 2 aromatic carbocycles. The van der Waals surface area contributed by atoms with E-state index in [1.807, 2.05) is 36.4 Å². The second-order valence-electron chi connectivity index (χ2n) is 5.64. The number of nitrogens with zero attached hydrogens (tertiary/aromatic N) is 1. The largest absolute Gasteiger partial charge is 0.493 e. The van der Waals surface area contributed by atoms with Crippen LogP contribution in [0.15, 0.2) is 42.6 Å². The maximum Gasteiger partial charge on any atom is 0.162 e. The van der Waals surface area contributed by atoms with Gasteiger partial charge in [-0.15, -0.1) is 0 Å². The van der Waals surface area contributed by atoms with Crippen LogP contribution < -0.4 is 19.5 Å². The number of pyridine rings is 1. The summed E-state index contributed by atoms with van der Waals surface area (Å²) >= 11 is 0. The number of hydrogen-bond donors (Lipinski definition) is 1. The van der Waals surface area contributed by atoms with E-state index in [0.717, 1.165) is 40.2 Å². The van der Waals surface area contributed by atoms with Crippen LogP contribution in [-0.2, 0) is 0 Å². The molecule has 0 radical (unpaired) electrons. The number of anilines is 1. The number of ether oxygens (including phenoxy) is 3. The van der Waals surface area contributed by atoms with Crippen molar-refractivity contribution in [3.05, 3.63) is 48.2 Å². The molecule has 25 heavy (non-hydrogen) atoms. The van der Waals surface area contributed by atoms with Gasteiger partial charge < -0.3 is 19.5 Å². The van der Waals surface area contributed by atoms with Crippen molar-refractivity contribution in [1.82, 2.24) is 4.98 Å². The van der Waals surface area contributed by atoms with E-state index >= 15 is 0 Å². The molecule has 1 aromatic heterocycles. The lowest BCUT2D eigenvalue weighted by Gasteiger charge is -2.13. The maximum absolute atomic E-state index is 6.11. The number of rotatable bonds is 6. The minimum absolute atomic E-state index is 0.644. The molecule has 0 aliphatic heterocycles. The van der Waals surface area contributed by atoms with Crippen LogP contribution in [0, 0.1) is 6.92 Å². The van der Waals surface area contributed by atoms with Crippen molar-refractivity contribution >= 4 is 16.6 Å². The van der Waals surface area contributed by atoms with Crippen LogP contribution in [0.4, 0.5) is 5.69 Å². The van der Waals surface area contributed by atoms with Crippen LogP contribution in [0.3, 0.4) is 0 Å². The van der Waals surface area contributed by atoms with Crippen molar-refractivity contribution in [3.8, 4) is 23.0 Å². The second kappa shape index (κ2) is 7.30. The third kappa shape index (κ3) is 3.45. The summed E-state index contributed by atoms with van der Waals surface area (Å²) in [5, 5.41) is 4.20. The zero-order valence-corrected chi connectivity index (χ0v) is 14.9. The first-order valence-corrected chi connectivity index (χ1v) is 8.19. The SMILES string of the molecule is CCNc1ccc(Oc2ccnc3cc(OC)c(OC)cc23)cc1C. The van der Waals surface area contributed by atoms with Gasteiger partial charge in [-0.3, -0.25) is 4.98 Å². The van der Waals surface area contributed by atoms with Crippen LogP contribution >= 0.6 is 0 Å². The maximum atomic E-state index is 6.11. The Labute approximate surface area is 147 Å². The van der Waals surface area contributed by atoms with Crippen LogP contribution in [0.5, 0.6) is 23.0 Å². The van der Waals surface area contributed by atoms with E-state index < -0.39 is 0 Å². The van der Waals surface area contributed by atoms with E-state index in [-0.39, 0.29) is 0 Å². The first kappa shape index (κ1) is 16.9. The predicted molar refractivity (Wildman–Crippen MR) is 100 cm³/mol. The van der Waals surface area contributed by atoms with E-state index in [2.05, 4.69) is 24.1 Å². The van der Waals surface area contributed by atoms with Crippen LogP contribution in [0.1, 0.15) is 12.5 Å². The first-order chi connectivity index (χ1) is 12.2. The van der Waals surface area contributed by atoms with E-state index in [1.54, 1.807) is 20.4 Å². The van der Waals surface area contributed by atoms with Gasteiger partial charge in [-0.25, -0.2) is 0 Å². The smallest absolute Gasteiger partial charge is 0.162 e. The molecule has 1 N–H and O–H groups in total. The predicted octanol–water partition coefficient (Wildman–Crippen LogP) is 4.78. The fourth-order valence-corrected chi connectivity index (χ4v) is 2.75. The van der Waals surface area contributed by atoms with E-state index in [0.29, 0.717) is 11.5 Å². The molecule has 5 nitrogen and oxygen atoms in total. The molecule has 130 valence electrons. The second-order valence-corrected chi connectivity index (χ2v) is 5.64. The van der Waals surface area contributed by atoms with Gasteiger partial charge in [0, 0.05) is 29.9 Å². The molecule has 0 atom stereocenters. The van der Waals surface area contributed by atoms with Crippen LogP contribution in [0.2, 0.25) is 0 Å². The van der Waals surface area contributed by atoms with E-state index in [4.69, 9.17) is 14.2 Å². The van der Waals surface area contributed by atoms with Crippen molar-refractivity contribution in [2.45, 2.75) is 13.8 Å². The molecule has 1 heterocycles. The molecule has 0 saturated heterocycles. The third-order valence-corrected chi connectivity index (χ3v) is 4.00. The molecule has 3 rings (SSSR count). The van der Waals surface area contributed by atoms with Crippen molar-refractivity contribution in [1.29, 1.82) is 0 Å². The number of methoxy groups -OCH3 is 2. The highest BCUT2D eigenvalue weighted by Crippen LogP contribution is 2.37. The Kier molecular flexibility index (Phi) is 4.93. The normalized spacial score (nSPS) is 10.6. The van der Waals surface area contributed by atoms with Gasteiger partial charge in [0.2, 0.25) is 0 Å². The molecular formula is C20H22N2O3. The standard InChI is InChI=1S/C20H22N2O3/c1-5-21-16-7-6-14(10-13(16)2)25-18-8-9-22-17-12-20(24-4)19(23-3)11-15(17)18/h6-12,21H,5H2,1-4H3. The van der Waals surface area contributed by atoms with Crippen molar-refractivity contribution < 1.29 is 14.2 Å². The lowest BCUT2D eigenvalue weighted by atomic mass is 10.1. The van der Waals surface area contributed by atoms with Crippen LogP contribution in [0.25, 0.3) is 10.9 Å². The molecule has 0 bridgehead atoms. The summed E-state index contributed by atoms with van der Waals surface area (Å²) < 4.78 is 16.9. The van der Waals surface area contributed by atoms with E-state index in [9.17, 15) is 0 Å². The summed E-state index contributed by atoms with van der Waals surface area (Å²) in [6.07, 6.45) is 1.73. The van der Waals surface area contributed by atoms with Crippen LogP contribution in [-0.4, -0.2) is 25.7 Å². The van der Waals surface area contributed by atoms with Gasteiger partial charge in [0.1, 0.15) is 11.5 Å². The number of aromatic nitrogens is 1. The Morgan fingerprint density at radius 1 is 0.960 bits per heavy atom. The zero-order valence-electron chi connectivity index (χ0n) is 14.9. The molecule has 0 aliphatic carbocycles. The molecule has 0 amide bonds. The van der Waals surface area contributed by atoms with E-state index in [1.165, 1.54) is 0 Å². The summed E-state index contributed by atoms with van der Waals surface area (Å²) in [5.41, 5.74) is 3.04. The third-order valence-electron chi connectivity index (χ3n) is 4.00. The van der Waals surface area contributed by atoms with Crippen molar-refractivity contribution in [2.75, 3.05) is 26.1 Å². The lowest BCUT2D eigenvalue weighted by Crippen LogP contribution is -1.98. The van der Waals surface area contributed by atoms with Gasteiger partial charge in [0.15, 0.2) is 11.5 Å². The molecule has 0 saturated carbocycles. The lowest BCUT2D eigenvalue weighted by molar-refractivity contribution is 0.355. The summed E-state index contributed by atoms with van der Waals surface area (Å²) in [6.45, 7) is 5.02. The number of benzene rings is 2. The van der Waals surface area contributed by atoms with Gasteiger partial charge >= 0.3 is 0 Å². The molecular weight excluding hydrogens is 316 g/mol. The number of aryl methyl sites for hydroxylation is 1. The van der Waals surface area contributed by atoms with Gasteiger partial charge in [0.25, 0.3) is 0 Å². The summed E-state index contributed by atoms with van der Waals surface area (Å²) in [6, 6.07) is 11.6. The highest BCUT2D eigenvalue weighted by molar-refractivity contribution is 5.88. The van der Waals surface area contributed by atoms with Gasteiger partial charge in [-0.2, -0.15) is 0 Å². The summed E-state index contributed by atoms with van der Waals surface area (Å²) in [7, 11) is 3.22. The Morgan fingerprint density at radius 3 is 2.40 bits per heavy atom. The number of hydrogen-bond acceptors (Lipinski definition) is 5. The monoisotopic (exact) mass is 338 g/mol. The molecule has 3 aromatic rings. The van der Waals surface area contributed by atoms with Crippen molar-refractivity contribution in [3.63, 3.8) is 0 Å². The minimum atomic E-state index is 0.644. The Hall–Kier alpha value is -2.95. The fraction of sp³-hybridized carbons (Fsp3) is 0.250.